The molecular formula is C17H22F3O2. The number of carbonyl (C=O) groups excluding carboxylic acids is 1. The third kappa shape index (κ3) is 6.96. The van der Waals surface area contributed by atoms with Crippen molar-refractivity contribution in [2.24, 2.45) is 0 Å². The Labute approximate surface area is 129 Å². The molecule has 1 radical (unpaired) electrons. The molecule has 0 bridgehead atoms. The molecule has 5 heteroatoms. The van der Waals surface area contributed by atoms with Crippen molar-refractivity contribution >= 4 is 5.97 Å². The second-order valence-electron chi connectivity index (χ2n) is 5.28. The quantitative estimate of drug-likeness (QED) is 0.455. The van der Waals surface area contributed by atoms with Gasteiger partial charge in [0.15, 0.2) is 6.10 Å². The minimum absolute atomic E-state index is 0.107. The zero-order valence-corrected chi connectivity index (χ0v) is 12.8. The van der Waals surface area contributed by atoms with Crippen LogP contribution >= 0.6 is 0 Å². The summed E-state index contributed by atoms with van der Waals surface area (Å²) < 4.78 is 43.5. The summed E-state index contributed by atoms with van der Waals surface area (Å²) in [5, 5.41) is 0. The molecule has 0 aliphatic heterocycles. The SMILES string of the molecule is CCCCCCCCC(OC(=O)c1cc[c]cc1)C(F)(F)F. The summed E-state index contributed by atoms with van der Waals surface area (Å²) in [4.78, 5) is 11.7. The minimum Gasteiger partial charge on any atom is -0.449 e. The molecule has 2 nitrogen and oxygen atoms in total. The molecule has 0 aromatic heterocycles. The summed E-state index contributed by atoms with van der Waals surface area (Å²) in [6.45, 7) is 2.08. The van der Waals surface area contributed by atoms with E-state index in [1.807, 2.05) is 0 Å². The van der Waals surface area contributed by atoms with Crippen molar-refractivity contribution in [3.63, 3.8) is 0 Å². The highest BCUT2D eigenvalue weighted by atomic mass is 19.4. The maximum atomic E-state index is 12.9. The lowest BCUT2D eigenvalue weighted by molar-refractivity contribution is -0.206. The fourth-order valence-corrected chi connectivity index (χ4v) is 2.12. The number of unbranched alkanes of at least 4 members (excludes halogenated alkanes) is 5. The number of ether oxygens (including phenoxy) is 1. The third-order valence-electron chi connectivity index (χ3n) is 3.39. The first-order valence-electron chi connectivity index (χ1n) is 7.69. The lowest BCUT2D eigenvalue weighted by Gasteiger charge is -2.20. The van der Waals surface area contributed by atoms with Gasteiger partial charge in [-0.1, -0.05) is 51.2 Å². The predicted molar refractivity (Wildman–Crippen MR) is 78.5 cm³/mol. The van der Waals surface area contributed by atoms with Gasteiger partial charge in [-0.15, -0.1) is 0 Å². The van der Waals surface area contributed by atoms with Crippen LogP contribution in [0.5, 0.6) is 0 Å². The van der Waals surface area contributed by atoms with Crippen molar-refractivity contribution < 1.29 is 22.7 Å². The number of esters is 1. The van der Waals surface area contributed by atoms with E-state index in [9.17, 15) is 18.0 Å². The van der Waals surface area contributed by atoms with Gasteiger partial charge in [0.1, 0.15) is 0 Å². The van der Waals surface area contributed by atoms with Gasteiger partial charge in [-0.3, -0.25) is 0 Å². The molecule has 1 aromatic carbocycles. The standard InChI is InChI=1S/C17H22F3O2/c1-2-3-4-5-6-10-13-15(17(18,19)20)22-16(21)14-11-8-7-9-12-14/h8-9,11-12,15H,2-6,10,13H2,1H3. The fourth-order valence-electron chi connectivity index (χ4n) is 2.12. The Morgan fingerprint density at radius 1 is 1.14 bits per heavy atom. The van der Waals surface area contributed by atoms with Crippen LogP contribution in [0.25, 0.3) is 0 Å². The molecule has 1 unspecified atom stereocenters. The molecule has 0 aliphatic carbocycles. The second kappa shape index (κ2) is 9.49. The van der Waals surface area contributed by atoms with Crippen LogP contribution in [0, 0.1) is 6.07 Å². The van der Waals surface area contributed by atoms with Crippen molar-refractivity contribution in [1.29, 1.82) is 0 Å². The zero-order valence-electron chi connectivity index (χ0n) is 12.8. The molecule has 0 saturated heterocycles. The van der Waals surface area contributed by atoms with Gasteiger partial charge in [-0.05, 0) is 31.0 Å². The first-order valence-corrected chi connectivity index (χ1v) is 7.69. The van der Waals surface area contributed by atoms with Crippen LogP contribution in [0.1, 0.15) is 62.2 Å². The van der Waals surface area contributed by atoms with E-state index >= 15 is 0 Å². The van der Waals surface area contributed by atoms with Crippen LogP contribution in [0.2, 0.25) is 0 Å². The first kappa shape index (κ1) is 18.5. The number of benzene rings is 1. The highest BCUT2D eigenvalue weighted by Gasteiger charge is 2.42. The van der Waals surface area contributed by atoms with Gasteiger partial charge in [-0.2, -0.15) is 13.2 Å². The predicted octanol–water partition coefficient (Wildman–Crippen LogP) is 5.33. The fraction of sp³-hybridized carbons (Fsp3) is 0.588. The molecule has 1 atom stereocenters. The van der Waals surface area contributed by atoms with Gasteiger partial charge in [0, 0.05) is 0 Å². The Morgan fingerprint density at radius 3 is 2.32 bits per heavy atom. The lowest BCUT2D eigenvalue weighted by Crippen LogP contribution is -2.33. The van der Waals surface area contributed by atoms with Crippen LogP contribution in [-0.2, 0) is 4.74 Å². The van der Waals surface area contributed by atoms with Gasteiger partial charge in [0.25, 0.3) is 0 Å². The summed E-state index contributed by atoms with van der Waals surface area (Å²) >= 11 is 0. The van der Waals surface area contributed by atoms with Crippen molar-refractivity contribution in [1.82, 2.24) is 0 Å². The summed E-state index contributed by atoms with van der Waals surface area (Å²) in [6, 6.07) is 8.41. The summed E-state index contributed by atoms with van der Waals surface area (Å²) in [7, 11) is 0. The zero-order chi connectivity index (χ0) is 16.4. The van der Waals surface area contributed by atoms with Gasteiger partial charge < -0.3 is 4.74 Å². The molecule has 1 aromatic rings. The molecule has 0 N–H and O–H groups in total. The van der Waals surface area contributed by atoms with E-state index in [2.05, 4.69) is 17.7 Å². The van der Waals surface area contributed by atoms with E-state index < -0.39 is 18.2 Å². The average Bonchev–Trinajstić information content (AvgIpc) is 2.49. The molecule has 0 saturated carbocycles. The maximum absolute atomic E-state index is 12.9. The van der Waals surface area contributed by atoms with Gasteiger partial charge in [0.2, 0.25) is 0 Å². The largest absolute Gasteiger partial charge is 0.449 e. The van der Waals surface area contributed by atoms with Crippen LogP contribution in [-0.4, -0.2) is 18.2 Å². The lowest BCUT2D eigenvalue weighted by atomic mass is 10.1. The Kier molecular flexibility index (Phi) is 7.99. The number of hydrogen-bond acceptors (Lipinski definition) is 2. The molecular weight excluding hydrogens is 293 g/mol. The highest BCUT2D eigenvalue weighted by Crippen LogP contribution is 2.28. The van der Waals surface area contributed by atoms with E-state index in [4.69, 9.17) is 0 Å². The summed E-state index contributed by atoms with van der Waals surface area (Å²) in [6.07, 6.45) is -1.46. The number of rotatable bonds is 9. The average molecular weight is 315 g/mol. The monoisotopic (exact) mass is 315 g/mol. The third-order valence-corrected chi connectivity index (χ3v) is 3.39. The smallest absolute Gasteiger partial charge is 0.425 e. The van der Waals surface area contributed by atoms with Crippen molar-refractivity contribution in [3.8, 4) is 0 Å². The molecule has 1 rings (SSSR count). The van der Waals surface area contributed by atoms with Crippen LogP contribution in [0.15, 0.2) is 24.3 Å². The Bertz CT molecular complexity index is 429. The molecule has 0 amide bonds. The Balaban J connectivity index is 2.46. The molecule has 123 valence electrons. The number of halogens is 3. The van der Waals surface area contributed by atoms with E-state index in [0.29, 0.717) is 6.42 Å². The van der Waals surface area contributed by atoms with Gasteiger partial charge >= 0.3 is 12.1 Å². The number of hydrogen-bond donors (Lipinski definition) is 0. The van der Waals surface area contributed by atoms with Gasteiger partial charge in [0.05, 0.1) is 5.56 Å². The van der Waals surface area contributed by atoms with Crippen molar-refractivity contribution in [2.75, 3.05) is 0 Å². The normalized spacial score (nSPS) is 12.9. The Hall–Kier alpha value is -1.52. The van der Waals surface area contributed by atoms with Crippen molar-refractivity contribution in [3.05, 3.63) is 35.9 Å². The molecule has 22 heavy (non-hydrogen) atoms. The van der Waals surface area contributed by atoms with Crippen LogP contribution in [0.3, 0.4) is 0 Å². The van der Waals surface area contributed by atoms with E-state index in [1.165, 1.54) is 24.3 Å². The molecule has 0 fully saturated rings. The second-order valence-corrected chi connectivity index (χ2v) is 5.28. The number of carbonyl (C=O) groups is 1. The first-order chi connectivity index (χ1) is 10.4. The number of alkyl halides is 3. The summed E-state index contributed by atoms with van der Waals surface area (Å²) in [5.74, 6) is -0.942. The van der Waals surface area contributed by atoms with Crippen molar-refractivity contribution in [2.45, 2.75) is 64.1 Å². The summed E-state index contributed by atoms with van der Waals surface area (Å²) in [5.41, 5.74) is 0.107. The van der Waals surface area contributed by atoms with Crippen LogP contribution in [0.4, 0.5) is 13.2 Å². The van der Waals surface area contributed by atoms with E-state index in [-0.39, 0.29) is 12.0 Å². The van der Waals surface area contributed by atoms with Gasteiger partial charge in [-0.25, -0.2) is 4.79 Å². The topological polar surface area (TPSA) is 26.3 Å². The molecule has 0 aliphatic rings. The molecule has 0 spiro atoms. The molecule has 0 heterocycles. The Morgan fingerprint density at radius 2 is 1.73 bits per heavy atom. The minimum atomic E-state index is -4.53. The maximum Gasteiger partial charge on any atom is 0.425 e. The van der Waals surface area contributed by atoms with Crippen LogP contribution < -0.4 is 0 Å². The highest BCUT2D eigenvalue weighted by molar-refractivity contribution is 5.89. The van der Waals surface area contributed by atoms with E-state index in [1.54, 1.807) is 0 Å². The van der Waals surface area contributed by atoms with E-state index in [0.717, 1.165) is 32.1 Å².